The predicted molar refractivity (Wildman–Crippen MR) is 119 cm³/mol. The largest absolute Gasteiger partial charge is 0.512 e. The molecule has 5 N–H and O–H groups in total. The lowest BCUT2D eigenvalue weighted by Crippen LogP contribution is -2.12. The standard InChI is InChI=1S/C23H20N2O5S/c26-12-13-8-16(10-17(27)9-13)20-21(14-4-2-1-3-5-14)31-23(24-20)25-22(30)15-6-7-18(28)19(29)11-15/h1-8,10-11,13,26-29H,9,12H2,(H,24,25,30). The van der Waals surface area contributed by atoms with Crippen LogP contribution in [0.3, 0.4) is 0 Å². The van der Waals surface area contributed by atoms with Crippen LogP contribution < -0.4 is 5.32 Å². The Labute approximate surface area is 182 Å². The molecule has 1 unspecified atom stereocenters. The molecule has 2 aromatic carbocycles. The van der Waals surface area contributed by atoms with Gasteiger partial charge in [-0.3, -0.25) is 10.1 Å². The second-order valence-corrected chi connectivity index (χ2v) is 8.12. The molecule has 0 saturated heterocycles. The number of phenols is 2. The first kappa shape index (κ1) is 20.6. The van der Waals surface area contributed by atoms with Gasteiger partial charge in [-0.15, -0.1) is 0 Å². The highest BCUT2D eigenvalue weighted by molar-refractivity contribution is 7.19. The highest BCUT2D eigenvalue weighted by Crippen LogP contribution is 2.39. The molecule has 0 bridgehead atoms. The molecule has 1 aromatic heterocycles. The Morgan fingerprint density at radius 3 is 2.58 bits per heavy atom. The molecule has 1 aliphatic carbocycles. The van der Waals surface area contributed by atoms with E-state index in [9.17, 15) is 25.2 Å². The minimum absolute atomic E-state index is 0.0971. The molecule has 3 aromatic rings. The van der Waals surface area contributed by atoms with Crippen LogP contribution in [0, 0.1) is 5.92 Å². The fourth-order valence-corrected chi connectivity index (χ4v) is 4.31. The number of aromatic nitrogens is 1. The van der Waals surface area contributed by atoms with Gasteiger partial charge >= 0.3 is 0 Å². The molecule has 0 fully saturated rings. The number of amides is 1. The van der Waals surface area contributed by atoms with E-state index in [1.807, 2.05) is 36.4 Å². The molecule has 0 aliphatic heterocycles. The summed E-state index contributed by atoms with van der Waals surface area (Å²) >= 11 is 1.28. The minimum atomic E-state index is -0.487. The van der Waals surface area contributed by atoms with Crippen LogP contribution in [0.25, 0.3) is 16.0 Å². The topological polar surface area (TPSA) is 123 Å². The van der Waals surface area contributed by atoms with E-state index in [0.29, 0.717) is 22.8 Å². The molecule has 7 nitrogen and oxygen atoms in total. The van der Waals surface area contributed by atoms with E-state index in [1.54, 1.807) is 6.08 Å². The van der Waals surface area contributed by atoms with Crippen molar-refractivity contribution in [1.82, 2.24) is 4.98 Å². The molecular formula is C23H20N2O5S. The third kappa shape index (κ3) is 4.45. The Bertz CT molecular complexity index is 1180. The van der Waals surface area contributed by atoms with Gasteiger partial charge in [0.05, 0.1) is 16.3 Å². The highest BCUT2D eigenvalue weighted by Gasteiger charge is 2.22. The molecule has 8 heteroatoms. The first-order chi connectivity index (χ1) is 14.9. The van der Waals surface area contributed by atoms with Gasteiger partial charge in [0.1, 0.15) is 0 Å². The van der Waals surface area contributed by atoms with Gasteiger partial charge in [-0.05, 0) is 29.8 Å². The van der Waals surface area contributed by atoms with Gasteiger partial charge in [0.2, 0.25) is 0 Å². The zero-order valence-corrected chi connectivity index (χ0v) is 17.1. The number of nitrogens with zero attached hydrogens (tertiary/aromatic N) is 1. The van der Waals surface area contributed by atoms with Crippen molar-refractivity contribution in [2.75, 3.05) is 11.9 Å². The Hall–Kier alpha value is -3.62. The van der Waals surface area contributed by atoms with Crippen molar-refractivity contribution in [3.63, 3.8) is 0 Å². The summed E-state index contributed by atoms with van der Waals surface area (Å²) in [6.07, 6.45) is 3.85. The van der Waals surface area contributed by atoms with Crippen molar-refractivity contribution in [1.29, 1.82) is 0 Å². The van der Waals surface area contributed by atoms with Crippen LogP contribution in [-0.4, -0.2) is 37.9 Å². The molecule has 1 aliphatic rings. The number of aliphatic hydroxyl groups is 2. The quantitative estimate of drug-likeness (QED) is 0.380. The van der Waals surface area contributed by atoms with Crippen molar-refractivity contribution in [2.24, 2.45) is 5.92 Å². The number of aliphatic hydroxyl groups excluding tert-OH is 2. The van der Waals surface area contributed by atoms with Crippen molar-refractivity contribution >= 4 is 27.9 Å². The number of hydrogen-bond donors (Lipinski definition) is 5. The number of phenolic OH excluding ortho intramolecular Hbond substituents is 2. The number of rotatable bonds is 5. The van der Waals surface area contributed by atoms with Crippen LogP contribution >= 0.6 is 11.3 Å². The molecule has 0 spiro atoms. The van der Waals surface area contributed by atoms with Crippen LogP contribution in [0.1, 0.15) is 22.5 Å². The molecule has 1 atom stereocenters. The van der Waals surface area contributed by atoms with Crippen molar-refractivity contribution in [3.05, 3.63) is 77.7 Å². The summed E-state index contributed by atoms with van der Waals surface area (Å²) in [6.45, 7) is -0.0971. The monoisotopic (exact) mass is 436 g/mol. The van der Waals surface area contributed by atoms with Gasteiger partial charge in [-0.1, -0.05) is 47.7 Å². The maximum absolute atomic E-state index is 12.6. The van der Waals surface area contributed by atoms with Crippen molar-refractivity contribution in [2.45, 2.75) is 6.42 Å². The predicted octanol–water partition coefficient (Wildman–Crippen LogP) is 4.31. The van der Waals surface area contributed by atoms with E-state index in [2.05, 4.69) is 10.3 Å². The van der Waals surface area contributed by atoms with Crippen LogP contribution in [0.2, 0.25) is 0 Å². The third-order valence-electron chi connectivity index (χ3n) is 4.84. The second kappa shape index (κ2) is 8.63. The summed E-state index contributed by atoms with van der Waals surface area (Å²) < 4.78 is 0. The van der Waals surface area contributed by atoms with Crippen LogP contribution in [0.4, 0.5) is 5.13 Å². The van der Waals surface area contributed by atoms with E-state index in [-0.39, 0.29) is 35.3 Å². The van der Waals surface area contributed by atoms with Crippen LogP contribution in [0.5, 0.6) is 11.5 Å². The lowest BCUT2D eigenvalue weighted by atomic mass is 9.93. The van der Waals surface area contributed by atoms with E-state index in [1.165, 1.54) is 29.5 Å². The molecule has 1 amide bonds. The van der Waals surface area contributed by atoms with Gasteiger partial charge in [-0.25, -0.2) is 4.98 Å². The van der Waals surface area contributed by atoms with E-state index in [0.717, 1.165) is 10.4 Å². The highest BCUT2D eigenvalue weighted by atomic mass is 32.1. The van der Waals surface area contributed by atoms with Crippen molar-refractivity contribution in [3.8, 4) is 21.9 Å². The van der Waals surface area contributed by atoms with E-state index < -0.39 is 5.91 Å². The molecule has 158 valence electrons. The van der Waals surface area contributed by atoms with E-state index in [4.69, 9.17) is 0 Å². The minimum Gasteiger partial charge on any atom is -0.512 e. The van der Waals surface area contributed by atoms with Gasteiger partial charge in [0.25, 0.3) is 5.91 Å². The Kier molecular flexibility index (Phi) is 5.75. The van der Waals surface area contributed by atoms with Crippen LogP contribution in [-0.2, 0) is 0 Å². The average Bonchev–Trinajstić information content (AvgIpc) is 3.19. The zero-order valence-electron chi connectivity index (χ0n) is 16.3. The normalized spacial score (nSPS) is 15.8. The zero-order chi connectivity index (χ0) is 22.0. The molecule has 31 heavy (non-hydrogen) atoms. The number of aromatic hydroxyl groups is 2. The maximum atomic E-state index is 12.6. The number of anilines is 1. The molecule has 0 radical (unpaired) electrons. The first-order valence-corrected chi connectivity index (χ1v) is 10.4. The van der Waals surface area contributed by atoms with Gasteiger partial charge in [-0.2, -0.15) is 0 Å². The third-order valence-corrected chi connectivity index (χ3v) is 5.86. The number of carbonyl (C=O) groups is 1. The summed E-state index contributed by atoms with van der Waals surface area (Å²) in [4.78, 5) is 18.0. The number of thiazole rings is 1. The average molecular weight is 436 g/mol. The van der Waals surface area contributed by atoms with Crippen LogP contribution in [0.15, 0.2) is 66.4 Å². The first-order valence-electron chi connectivity index (χ1n) is 9.56. The maximum Gasteiger partial charge on any atom is 0.257 e. The number of benzene rings is 2. The summed E-state index contributed by atoms with van der Waals surface area (Å²) in [7, 11) is 0. The van der Waals surface area contributed by atoms with Gasteiger partial charge in [0.15, 0.2) is 16.6 Å². The number of allylic oxidation sites excluding steroid dienone is 3. The number of hydrogen-bond acceptors (Lipinski definition) is 7. The lowest BCUT2D eigenvalue weighted by molar-refractivity contribution is 0.102. The lowest BCUT2D eigenvalue weighted by Gasteiger charge is -2.16. The number of carbonyl (C=O) groups excluding carboxylic acids is 1. The second-order valence-electron chi connectivity index (χ2n) is 7.12. The SMILES string of the molecule is O=C(Nc1nc(C2=CC(CO)CC(O)=C2)c(-c2ccccc2)s1)c1ccc(O)c(O)c1. The molecule has 4 rings (SSSR count). The smallest absolute Gasteiger partial charge is 0.257 e. The van der Waals surface area contributed by atoms with Gasteiger partial charge in [0, 0.05) is 30.1 Å². The Morgan fingerprint density at radius 1 is 1.10 bits per heavy atom. The molecule has 0 saturated carbocycles. The van der Waals surface area contributed by atoms with Crippen molar-refractivity contribution < 1.29 is 25.2 Å². The molecule has 1 heterocycles. The molecular weight excluding hydrogens is 416 g/mol. The summed E-state index contributed by atoms with van der Waals surface area (Å²) in [5.41, 5.74) is 2.33. The summed E-state index contributed by atoms with van der Waals surface area (Å²) in [6, 6.07) is 13.4. The fourth-order valence-electron chi connectivity index (χ4n) is 3.32. The Balaban J connectivity index is 1.72. The fraction of sp³-hybridized carbons (Fsp3) is 0.130. The number of nitrogens with one attached hydrogen (secondary N) is 1. The summed E-state index contributed by atoms with van der Waals surface area (Å²) in [5.74, 6) is -1.24. The Morgan fingerprint density at radius 2 is 1.87 bits per heavy atom. The summed E-state index contributed by atoms with van der Waals surface area (Å²) in [5, 5.41) is 41.8. The van der Waals surface area contributed by atoms with E-state index >= 15 is 0 Å². The van der Waals surface area contributed by atoms with Gasteiger partial charge < -0.3 is 20.4 Å².